The van der Waals surface area contributed by atoms with E-state index < -0.39 is 5.97 Å². The second-order valence-corrected chi connectivity index (χ2v) is 8.21. The average molecular weight is 413 g/mol. The maximum Gasteiger partial charge on any atom is 0.303 e. The Balaban J connectivity index is 1.46. The molecule has 1 saturated carbocycles. The lowest BCUT2D eigenvalue weighted by atomic mass is 9.98. The number of benzene rings is 1. The van der Waals surface area contributed by atoms with E-state index >= 15 is 0 Å². The van der Waals surface area contributed by atoms with Crippen LogP contribution < -0.4 is 4.74 Å². The molecule has 0 unspecified atom stereocenters. The van der Waals surface area contributed by atoms with Crippen LogP contribution in [0.5, 0.6) is 5.75 Å². The van der Waals surface area contributed by atoms with Gasteiger partial charge in [-0.05, 0) is 56.0 Å². The van der Waals surface area contributed by atoms with Crippen LogP contribution in [-0.4, -0.2) is 21.0 Å². The normalized spacial score (nSPS) is 14.6. The van der Waals surface area contributed by atoms with Crippen LogP contribution in [0.15, 0.2) is 30.5 Å². The molecule has 1 fully saturated rings. The van der Waals surface area contributed by atoms with Gasteiger partial charge >= 0.3 is 5.97 Å². The molecule has 2 aromatic heterocycles. The molecule has 152 valence electrons. The summed E-state index contributed by atoms with van der Waals surface area (Å²) in [6, 6.07) is 7.87. The van der Waals surface area contributed by atoms with Gasteiger partial charge in [0, 0.05) is 40.0 Å². The van der Waals surface area contributed by atoms with Gasteiger partial charge in [0.2, 0.25) is 0 Å². The van der Waals surface area contributed by atoms with Crippen LogP contribution in [-0.2, 0) is 17.8 Å². The first-order chi connectivity index (χ1) is 14.0. The number of aromatic amines is 1. The number of hydrogen-bond donors (Lipinski definition) is 2. The number of fused-ring (bicyclic) bond motifs is 1. The molecule has 0 spiro atoms. The van der Waals surface area contributed by atoms with Crippen LogP contribution in [0.2, 0.25) is 5.02 Å². The Labute approximate surface area is 175 Å². The van der Waals surface area contributed by atoms with Gasteiger partial charge in [-0.15, -0.1) is 0 Å². The summed E-state index contributed by atoms with van der Waals surface area (Å²) >= 11 is 6.44. The zero-order chi connectivity index (χ0) is 20.4. The summed E-state index contributed by atoms with van der Waals surface area (Å²) in [4.78, 5) is 18.7. The van der Waals surface area contributed by atoms with Crippen molar-refractivity contribution in [2.75, 3.05) is 0 Å². The zero-order valence-electron chi connectivity index (χ0n) is 16.5. The maximum atomic E-state index is 10.8. The third-order valence-corrected chi connectivity index (χ3v) is 6.12. The Morgan fingerprint density at radius 1 is 1.31 bits per heavy atom. The maximum absolute atomic E-state index is 10.8. The highest BCUT2D eigenvalue weighted by molar-refractivity contribution is 6.36. The van der Waals surface area contributed by atoms with E-state index in [0.717, 1.165) is 27.9 Å². The van der Waals surface area contributed by atoms with Crippen molar-refractivity contribution in [3.63, 3.8) is 0 Å². The van der Waals surface area contributed by atoms with Gasteiger partial charge in [0.25, 0.3) is 0 Å². The fourth-order valence-corrected chi connectivity index (χ4v) is 4.50. The molecular weight excluding hydrogens is 388 g/mol. The third kappa shape index (κ3) is 4.40. The van der Waals surface area contributed by atoms with Crippen LogP contribution in [0.25, 0.3) is 10.9 Å². The van der Waals surface area contributed by atoms with Crippen LogP contribution in [0, 0.1) is 6.92 Å². The quantitative estimate of drug-likeness (QED) is 0.515. The second kappa shape index (κ2) is 8.46. The average Bonchev–Trinajstić information content (AvgIpc) is 3.33. The molecule has 0 bridgehead atoms. The molecule has 0 radical (unpaired) electrons. The molecule has 0 atom stereocenters. The van der Waals surface area contributed by atoms with Gasteiger partial charge < -0.3 is 14.8 Å². The minimum absolute atomic E-state index is 0.0408. The van der Waals surface area contributed by atoms with E-state index in [9.17, 15) is 4.79 Å². The van der Waals surface area contributed by atoms with Gasteiger partial charge in [0.05, 0.1) is 11.4 Å². The fourth-order valence-electron chi connectivity index (χ4n) is 4.20. The van der Waals surface area contributed by atoms with E-state index in [2.05, 4.69) is 18.0 Å². The number of H-pyrrole nitrogens is 1. The standard InChI is InChI=1S/C23H25ClN2O3/c1-14-10-15(12-25-23(14)16-4-2-3-5-16)13-29-17-6-7-19-18(11-17)22(24)20(26-19)8-9-21(27)28/h6-7,10-12,16,26H,2-5,8-9,13H2,1H3,(H,27,28). The summed E-state index contributed by atoms with van der Waals surface area (Å²) in [7, 11) is 0. The molecule has 4 rings (SSSR count). The number of pyridine rings is 1. The van der Waals surface area contributed by atoms with Crippen LogP contribution in [0.3, 0.4) is 0 Å². The highest BCUT2D eigenvalue weighted by atomic mass is 35.5. The number of nitrogens with one attached hydrogen (secondary N) is 1. The predicted octanol–water partition coefficient (Wildman–Crippen LogP) is 5.78. The Kier molecular flexibility index (Phi) is 5.76. The molecule has 1 aliphatic rings. The summed E-state index contributed by atoms with van der Waals surface area (Å²) in [6.45, 7) is 2.58. The minimum atomic E-state index is -0.841. The van der Waals surface area contributed by atoms with Crippen molar-refractivity contribution in [1.82, 2.24) is 9.97 Å². The van der Waals surface area contributed by atoms with Gasteiger partial charge in [-0.2, -0.15) is 0 Å². The number of nitrogens with zero attached hydrogens (tertiary/aromatic N) is 1. The van der Waals surface area contributed by atoms with E-state index in [1.54, 1.807) is 0 Å². The third-order valence-electron chi connectivity index (χ3n) is 5.69. The van der Waals surface area contributed by atoms with Crippen LogP contribution >= 0.6 is 11.6 Å². The van der Waals surface area contributed by atoms with E-state index in [0.29, 0.717) is 24.0 Å². The van der Waals surface area contributed by atoms with Gasteiger partial charge in [0.1, 0.15) is 12.4 Å². The molecular formula is C23H25ClN2O3. The number of rotatable bonds is 7. The summed E-state index contributed by atoms with van der Waals surface area (Å²) in [5.41, 5.74) is 5.14. The monoisotopic (exact) mass is 412 g/mol. The van der Waals surface area contributed by atoms with Crippen LogP contribution in [0.1, 0.15) is 60.5 Å². The van der Waals surface area contributed by atoms with Crippen molar-refractivity contribution < 1.29 is 14.6 Å². The topological polar surface area (TPSA) is 75.2 Å². The van der Waals surface area contributed by atoms with Gasteiger partial charge in [0.15, 0.2) is 0 Å². The van der Waals surface area contributed by atoms with Gasteiger partial charge in [-0.1, -0.05) is 24.4 Å². The number of ether oxygens (including phenoxy) is 1. The highest BCUT2D eigenvalue weighted by Gasteiger charge is 2.20. The molecule has 0 saturated heterocycles. The molecule has 2 heterocycles. The molecule has 3 aromatic rings. The van der Waals surface area contributed by atoms with Crippen molar-refractivity contribution in [3.05, 3.63) is 58.0 Å². The van der Waals surface area contributed by atoms with Crippen molar-refractivity contribution in [2.45, 2.75) is 58.0 Å². The molecule has 6 heteroatoms. The lowest BCUT2D eigenvalue weighted by Crippen LogP contribution is -2.03. The Morgan fingerprint density at radius 2 is 2.10 bits per heavy atom. The molecule has 29 heavy (non-hydrogen) atoms. The van der Waals surface area contributed by atoms with Crippen LogP contribution in [0.4, 0.5) is 0 Å². The summed E-state index contributed by atoms with van der Waals surface area (Å²) in [5.74, 6) is 0.491. The number of carboxylic acids is 1. The predicted molar refractivity (Wildman–Crippen MR) is 114 cm³/mol. The largest absolute Gasteiger partial charge is 0.489 e. The Morgan fingerprint density at radius 3 is 2.83 bits per heavy atom. The summed E-state index contributed by atoms with van der Waals surface area (Å²) in [5, 5.41) is 10.3. The van der Waals surface area contributed by atoms with Crippen molar-refractivity contribution in [2.24, 2.45) is 0 Å². The fraction of sp³-hybridized carbons (Fsp3) is 0.391. The molecule has 1 aliphatic carbocycles. The number of halogens is 1. The molecule has 5 nitrogen and oxygen atoms in total. The van der Waals surface area contributed by atoms with Crippen molar-refractivity contribution in [1.29, 1.82) is 0 Å². The SMILES string of the molecule is Cc1cc(COc2ccc3[nH]c(CCC(=O)O)c(Cl)c3c2)cnc1C1CCCC1. The Bertz CT molecular complexity index is 1040. The lowest BCUT2D eigenvalue weighted by Gasteiger charge is -2.13. The minimum Gasteiger partial charge on any atom is -0.489 e. The smallest absolute Gasteiger partial charge is 0.303 e. The number of carbonyl (C=O) groups is 1. The van der Waals surface area contributed by atoms with E-state index in [4.69, 9.17) is 26.4 Å². The lowest BCUT2D eigenvalue weighted by molar-refractivity contribution is -0.136. The van der Waals surface area contributed by atoms with E-state index in [1.807, 2.05) is 24.4 Å². The number of carboxylic acid groups (broad SMARTS) is 1. The Hall–Kier alpha value is -2.53. The zero-order valence-corrected chi connectivity index (χ0v) is 17.3. The summed E-state index contributed by atoms with van der Waals surface area (Å²) < 4.78 is 5.98. The highest BCUT2D eigenvalue weighted by Crippen LogP contribution is 2.35. The van der Waals surface area contributed by atoms with E-state index in [-0.39, 0.29) is 6.42 Å². The number of aryl methyl sites for hydroxylation is 2. The van der Waals surface area contributed by atoms with Crippen molar-refractivity contribution >= 4 is 28.5 Å². The first-order valence-electron chi connectivity index (χ1n) is 10.1. The molecule has 2 N–H and O–H groups in total. The molecule has 1 aromatic carbocycles. The molecule has 0 aliphatic heterocycles. The number of hydrogen-bond acceptors (Lipinski definition) is 3. The number of aromatic nitrogens is 2. The van der Waals surface area contributed by atoms with Gasteiger partial charge in [-0.25, -0.2) is 0 Å². The summed E-state index contributed by atoms with van der Waals surface area (Å²) in [6.07, 6.45) is 7.44. The number of aliphatic carboxylic acids is 1. The first kappa shape index (κ1) is 19.8. The van der Waals surface area contributed by atoms with Crippen molar-refractivity contribution in [3.8, 4) is 5.75 Å². The molecule has 0 amide bonds. The first-order valence-corrected chi connectivity index (χ1v) is 10.5. The second-order valence-electron chi connectivity index (χ2n) is 7.83. The van der Waals surface area contributed by atoms with Gasteiger partial charge in [-0.3, -0.25) is 9.78 Å². The van der Waals surface area contributed by atoms with E-state index in [1.165, 1.54) is 36.9 Å².